The highest BCUT2D eigenvalue weighted by Crippen LogP contribution is 2.27. The molecule has 4 aromatic rings. The van der Waals surface area contributed by atoms with Crippen molar-refractivity contribution in [2.24, 2.45) is 0 Å². The number of nitrogens with one attached hydrogen (secondary N) is 1. The molecule has 1 N–H and O–H groups in total. The Labute approximate surface area is 170 Å². The van der Waals surface area contributed by atoms with E-state index in [9.17, 15) is 14.4 Å². The molecule has 1 aliphatic heterocycles. The summed E-state index contributed by atoms with van der Waals surface area (Å²) in [6, 6.07) is 17.1. The van der Waals surface area contributed by atoms with E-state index in [1.807, 2.05) is 24.3 Å². The van der Waals surface area contributed by atoms with Crippen molar-refractivity contribution in [1.29, 1.82) is 0 Å². The van der Waals surface area contributed by atoms with Crippen LogP contribution in [0.1, 0.15) is 36.8 Å². The van der Waals surface area contributed by atoms with Crippen molar-refractivity contribution in [3.63, 3.8) is 0 Å². The Morgan fingerprint density at radius 3 is 2.63 bits per heavy atom. The Morgan fingerprint density at radius 2 is 1.80 bits per heavy atom. The first-order valence-electron chi connectivity index (χ1n) is 9.29. The molecule has 3 heterocycles. The fraction of sp³-hybridized carbons (Fsp3) is 0.0435. The minimum Gasteiger partial charge on any atom is -0.467 e. The first kappa shape index (κ1) is 17.8. The second-order valence-electron chi connectivity index (χ2n) is 6.87. The minimum atomic E-state index is -0.451. The van der Waals surface area contributed by atoms with Gasteiger partial charge in [-0.05, 0) is 42.5 Å². The zero-order valence-corrected chi connectivity index (χ0v) is 15.7. The fourth-order valence-electron chi connectivity index (χ4n) is 3.53. The van der Waals surface area contributed by atoms with Gasteiger partial charge in [-0.3, -0.25) is 24.3 Å². The van der Waals surface area contributed by atoms with Gasteiger partial charge in [0.25, 0.3) is 17.7 Å². The number of para-hydroxylation sites is 1. The third-order valence-corrected chi connectivity index (χ3v) is 5.01. The van der Waals surface area contributed by atoms with Crippen molar-refractivity contribution in [1.82, 2.24) is 9.88 Å². The standard InChI is InChI=1S/C23H15N3O4/c27-21(25-19-7-1-4-14-5-2-10-24-20(14)19)15-8-9-17-18(12-15)23(29)26(22(17)28)13-16-6-3-11-30-16/h1-12H,13H2,(H,25,27). The van der Waals surface area contributed by atoms with Gasteiger partial charge in [-0.15, -0.1) is 0 Å². The van der Waals surface area contributed by atoms with E-state index >= 15 is 0 Å². The number of amides is 3. The van der Waals surface area contributed by atoms with Crippen molar-refractivity contribution in [2.75, 3.05) is 5.32 Å². The van der Waals surface area contributed by atoms with E-state index in [0.29, 0.717) is 17.0 Å². The first-order valence-corrected chi connectivity index (χ1v) is 9.29. The molecule has 0 unspecified atom stereocenters. The molecule has 5 rings (SSSR count). The van der Waals surface area contributed by atoms with Crippen LogP contribution in [0.2, 0.25) is 0 Å². The van der Waals surface area contributed by atoms with Gasteiger partial charge in [0.05, 0.1) is 35.1 Å². The molecule has 146 valence electrons. The molecule has 0 bridgehead atoms. The number of hydrogen-bond acceptors (Lipinski definition) is 5. The number of hydrogen-bond donors (Lipinski definition) is 1. The second-order valence-corrected chi connectivity index (χ2v) is 6.87. The number of carbonyl (C=O) groups excluding carboxylic acids is 3. The Morgan fingerprint density at radius 1 is 0.967 bits per heavy atom. The lowest BCUT2D eigenvalue weighted by Crippen LogP contribution is -2.28. The molecule has 2 aromatic heterocycles. The number of imide groups is 1. The van der Waals surface area contributed by atoms with Gasteiger partial charge in [0.2, 0.25) is 0 Å². The summed E-state index contributed by atoms with van der Waals surface area (Å²) in [4.78, 5) is 43.6. The molecule has 0 radical (unpaired) electrons. The molecule has 0 saturated carbocycles. The van der Waals surface area contributed by atoms with Gasteiger partial charge < -0.3 is 9.73 Å². The van der Waals surface area contributed by atoms with Crippen LogP contribution in [0.4, 0.5) is 5.69 Å². The number of aromatic nitrogens is 1. The molecule has 3 amide bonds. The lowest BCUT2D eigenvalue weighted by Gasteiger charge is -2.11. The molecule has 7 heteroatoms. The Hall–Kier alpha value is -4.26. The lowest BCUT2D eigenvalue weighted by molar-refractivity contribution is 0.0631. The number of rotatable bonds is 4. The largest absolute Gasteiger partial charge is 0.467 e. The fourth-order valence-corrected chi connectivity index (χ4v) is 3.53. The minimum absolute atomic E-state index is 0.0442. The number of nitrogens with zero attached hydrogens (tertiary/aromatic N) is 2. The van der Waals surface area contributed by atoms with Gasteiger partial charge in [-0.1, -0.05) is 18.2 Å². The predicted molar refractivity (Wildman–Crippen MR) is 109 cm³/mol. The third kappa shape index (κ3) is 2.93. The van der Waals surface area contributed by atoms with Crippen molar-refractivity contribution < 1.29 is 18.8 Å². The monoisotopic (exact) mass is 397 g/mol. The molecule has 0 fully saturated rings. The second kappa shape index (κ2) is 6.97. The van der Waals surface area contributed by atoms with E-state index in [-0.39, 0.29) is 29.1 Å². The van der Waals surface area contributed by atoms with E-state index in [2.05, 4.69) is 10.3 Å². The molecular weight excluding hydrogens is 382 g/mol. The smallest absolute Gasteiger partial charge is 0.261 e. The lowest BCUT2D eigenvalue weighted by atomic mass is 10.1. The van der Waals surface area contributed by atoms with Gasteiger partial charge in [0.15, 0.2) is 0 Å². The molecule has 2 aromatic carbocycles. The van der Waals surface area contributed by atoms with Crippen LogP contribution >= 0.6 is 0 Å². The summed E-state index contributed by atoms with van der Waals surface area (Å²) in [5.41, 5.74) is 2.00. The average Bonchev–Trinajstić information content (AvgIpc) is 3.37. The first-order chi connectivity index (χ1) is 14.6. The number of benzene rings is 2. The summed E-state index contributed by atoms with van der Waals surface area (Å²) in [6.07, 6.45) is 3.14. The highest BCUT2D eigenvalue weighted by Gasteiger charge is 2.36. The van der Waals surface area contributed by atoms with Gasteiger partial charge in [-0.25, -0.2) is 0 Å². The van der Waals surface area contributed by atoms with Gasteiger partial charge in [-0.2, -0.15) is 0 Å². The molecule has 0 spiro atoms. The van der Waals surface area contributed by atoms with Crippen LogP contribution in [-0.4, -0.2) is 27.6 Å². The van der Waals surface area contributed by atoms with E-state index in [4.69, 9.17) is 4.42 Å². The van der Waals surface area contributed by atoms with Crippen LogP contribution in [-0.2, 0) is 6.54 Å². The molecule has 1 aliphatic rings. The summed E-state index contributed by atoms with van der Waals surface area (Å²) in [6.45, 7) is 0.0442. The van der Waals surface area contributed by atoms with Crippen LogP contribution in [0.3, 0.4) is 0 Å². The number of furan rings is 1. The Kier molecular flexibility index (Phi) is 4.14. The maximum Gasteiger partial charge on any atom is 0.261 e. The molecule has 0 atom stereocenters. The SMILES string of the molecule is O=C(Nc1cccc2cccnc12)c1ccc2c(c1)C(=O)N(Cc1ccco1)C2=O. The van der Waals surface area contributed by atoms with E-state index in [1.165, 1.54) is 24.5 Å². The quantitative estimate of drug-likeness (QED) is 0.528. The topological polar surface area (TPSA) is 92.5 Å². The normalized spacial score (nSPS) is 13.0. The van der Waals surface area contributed by atoms with Crippen molar-refractivity contribution in [3.05, 3.63) is 95.6 Å². The van der Waals surface area contributed by atoms with Crippen LogP contribution < -0.4 is 5.32 Å². The Bertz CT molecular complexity index is 1310. The molecule has 30 heavy (non-hydrogen) atoms. The number of carbonyl (C=O) groups is 3. The maximum atomic E-state index is 12.8. The summed E-state index contributed by atoms with van der Waals surface area (Å²) in [5.74, 6) is -0.740. The van der Waals surface area contributed by atoms with Crippen molar-refractivity contribution in [2.45, 2.75) is 6.54 Å². The van der Waals surface area contributed by atoms with Crippen molar-refractivity contribution >= 4 is 34.3 Å². The summed E-state index contributed by atoms with van der Waals surface area (Å²) >= 11 is 0. The number of pyridine rings is 1. The van der Waals surface area contributed by atoms with Gasteiger partial charge in [0.1, 0.15) is 5.76 Å². The zero-order chi connectivity index (χ0) is 20.7. The van der Waals surface area contributed by atoms with Crippen LogP contribution in [0, 0.1) is 0 Å². The van der Waals surface area contributed by atoms with Gasteiger partial charge in [0, 0.05) is 17.1 Å². The van der Waals surface area contributed by atoms with Crippen LogP contribution in [0.25, 0.3) is 10.9 Å². The predicted octanol–water partition coefficient (Wildman–Crippen LogP) is 3.88. The van der Waals surface area contributed by atoms with Crippen molar-refractivity contribution in [3.8, 4) is 0 Å². The summed E-state index contributed by atoms with van der Waals surface area (Å²) < 4.78 is 5.24. The molecule has 7 nitrogen and oxygen atoms in total. The third-order valence-electron chi connectivity index (χ3n) is 5.01. The molecule has 0 aliphatic carbocycles. The molecule has 0 saturated heterocycles. The summed E-state index contributed by atoms with van der Waals surface area (Å²) in [5, 5.41) is 3.74. The van der Waals surface area contributed by atoms with Crippen LogP contribution in [0.5, 0.6) is 0 Å². The van der Waals surface area contributed by atoms with E-state index < -0.39 is 11.8 Å². The van der Waals surface area contributed by atoms with E-state index in [0.717, 1.165) is 10.3 Å². The summed E-state index contributed by atoms with van der Waals surface area (Å²) in [7, 11) is 0. The number of fused-ring (bicyclic) bond motifs is 2. The zero-order valence-electron chi connectivity index (χ0n) is 15.7. The number of anilines is 1. The van der Waals surface area contributed by atoms with Gasteiger partial charge >= 0.3 is 0 Å². The highest BCUT2D eigenvalue weighted by molar-refractivity contribution is 6.22. The average molecular weight is 397 g/mol. The van der Waals surface area contributed by atoms with Crippen LogP contribution in [0.15, 0.2) is 77.5 Å². The highest BCUT2D eigenvalue weighted by atomic mass is 16.3. The van der Waals surface area contributed by atoms with E-state index in [1.54, 1.807) is 24.4 Å². The maximum absolute atomic E-state index is 12.8. The Balaban J connectivity index is 1.42. The molecular formula is C23H15N3O4.